The molecule has 2 aromatic carbocycles. The van der Waals surface area contributed by atoms with Gasteiger partial charge in [0.05, 0.1) is 5.38 Å². The molecule has 0 aliphatic rings. The molecule has 0 aliphatic heterocycles. The van der Waals surface area contributed by atoms with E-state index in [0.717, 1.165) is 16.7 Å². The van der Waals surface area contributed by atoms with Gasteiger partial charge in [-0.1, -0.05) is 35.3 Å². The molecule has 0 N–H and O–H groups in total. The van der Waals surface area contributed by atoms with E-state index in [4.69, 9.17) is 34.8 Å². The van der Waals surface area contributed by atoms with E-state index in [1.807, 2.05) is 38.1 Å². The number of alkyl halides is 1. The van der Waals surface area contributed by atoms with Crippen LogP contribution in [0.5, 0.6) is 0 Å². The van der Waals surface area contributed by atoms with Crippen LogP contribution >= 0.6 is 34.8 Å². The second kappa shape index (κ2) is 5.75. The number of hydrogen-bond acceptors (Lipinski definition) is 0. The van der Waals surface area contributed by atoms with Crippen LogP contribution in [-0.2, 0) is 0 Å². The van der Waals surface area contributed by atoms with Gasteiger partial charge in [0.2, 0.25) is 0 Å². The van der Waals surface area contributed by atoms with Crippen LogP contribution in [0.25, 0.3) is 0 Å². The van der Waals surface area contributed by atoms with Crippen LogP contribution in [0.4, 0.5) is 0 Å². The predicted molar refractivity (Wildman–Crippen MR) is 84.8 cm³/mol. The lowest BCUT2D eigenvalue weighted by Gasteiger charge is -2.16. The number of halogens is 3. The molecule has 0 heterocycles. The number of benzene rings is 2. The van der Waals surface area contributed by atoms with Crippen LogP contribution in [0.3, 0.4) is 0 Å². The van der Waals surface area contributed by atoms with Crippen LogP contribution in [0.1, 0.15) is 33.2 Å². The number of aryl methyl sites for hydroxylation is 3. The molecule has 1 atom stereocenters. The third kappa shape index (κ3) is 3.08. The SMILES string of the molecule is Cc1cc(Cl)c(C(Cl)c2cc(Cl)ccc2C)cc1C. The maximum absolute atomic E-state index is 6.60. The fraction of sp³-hybridized carbons (Fsp3) is 0.250. The summed E-state index contributed by atoms with van der Waals surface area (Å²) in [6, 6.07) is 9.76. The zero-order valence-corrected chi connectivity index (χ0v) is 13.4. The molecule has 1 unspecified atom stereocenters. The molecule has 0 saturated carbocycles. The van der Waals surface area contributed by atoms with Gasteiger partial charge in [-0.05, 0) is 66.8 Å². The fourth-order valence-corrected chi connectivity index (χ4v) is 3.03. The Labute approximate surface area is 129 Å². The van der Waals surface area contributed by atoms with E-state index >= 15 is 0 Å². The summed E-state index contributed by atoms with van der Waals surface area (Å²) in [5.41, 5.74) is 5.39. The molecule has 19 heavy (non-hydrogen) atoms. The van der Waals surface area contributed by atoms with Crippen molar-refractivity contribution in [3.63, 3.8) is 0 Å². The van der Waals surface area contributed by atoms with Crippen LogP contribution in [0.2, 0.25) is 10.0 Å². The van der Waals surface area contributed by atoms with E-state index < -0.39 is 0 Å². The molecule has 0 amide bonds. The van der Waals surface area contributed by atoms with Gasteiger partial charge in [0, 0.05) is 10.0 Å². The third-order valence-electron chi connectivity index (χ3n) is 3.40. The van der Waals surface area contributed by atoms with E-state index in [0.29, 0.717) is 10.0 Å². The Kier molecular flexibility index (Phi) is 4.45. The smallest absolute Gasteiger partial charge is 0.0852 e. The van der Waals surface area contributed by atoms with E-state index in [1.165, 1.54) is 11.1 Å². The third-order valence-corrected chi connectivity index (χ3v) is 4.43. The average Bonchev–Trinajstić information content (AvgIpc) is 2.36. The first-order valence-corrected chi connectivity index (χ1v) is 7.26. The molecule has 0 aliphatic carbocycles. The first-order chi connectivity index (χ1) is 8.90. The lowest BCUT2D eigenvalue weighted by Crippen LogP contribution is -1.99. The topological polar surface area (TPSA) is 0 Å². The zero-order chi connectivity index (χ0) is 14.2. The molecule has 0 aromatic heterocycles. The Morgan fingerprint density at radius 2 is 1.42 bits per heavy atom. The maximum atomic E-state index is 6.60. The van der Waals surface area contributed by atoms with E-state index in [9.17, 15) is 0 Å². The molecule has 0 radical (unpaired) electrons. The van der Waals surface area contributed by atoms with Crippen LogP contribution in [0.15, 0.2) is 30.3 Å². The van der Waals surface area contributed by atoms with Gasteiger partial charge in [0.15, 0.2) is 0 Å². The molecule has 0 spiro atoms. The minimum Gasteiger partial charge on any atom is -0.113 e. The van der Waals surface area contributed by atoms with Crippen LogP contribution in [-0.4, -0.2) is 0 Å². The van der Waals surface area contributed by atoms with Gasteiger partial charge in [-0.3, -0.25) is 0 Å². The standard InChI is InChI=1S/C16H15Cl3/c1-9-4-5-12(17)8-13(9)16(19)14-6-10(2)11(3)7-15(14)18/h4-8,16H,1-3H3. The van der Waals surface area contributed by atoms with Crippen molar-refractivity contribution in [2.24, 2.45) is 0 Å². The quantitative estimate of drug-likeness (QED) is 0.575. The number of hydrogen-bond donors (Lipinski definition) is 0. The molecule has 2 aromatic rings. The maximum Gasteiger partial charge on any atom is 0.0852 e. The molecule has 2 rings (SSSR count). The summed E-state index contributed by atoms with van der Waals surface area (Å²) in [7, 11) is 0. The summed E-state index contributed by atoms with van der Waals surface area (Å²) in [4.78, 5) is 0. The highest BCUT2D eigenvalue weighted by Crippen LogP contribution is 2.37. The normalized spacial score (nSPS) is 12.5. The second-order valence-corrected chi connectivity index (χ2v) is 6.10. The van der Waals surface area contributed by atoms with Crippen LogP contribution in [0, 0.1) is 20.8 Å². The Bertz CT molecular complexity index is 618. The number of rotatable bonds is 2. The van der Waals surface area contributed by atoms with Crippen molar-refractivity contribution >= 4 is 34.8 Å². The van der Waals surface area contributed by atoms with Gasteiger partial charge in [0.1, 0.15) is 0 Å². The molecule has 0 bridgehead atoms. The van der Waals surface area contributed by atoms with Crippen molar-refractivity contribution in [2.45, 2.75) is 26.1 Å². The van der Waals surface area contributed by atoms with Crippen molar-refractivity contribution in [3.05, 3.63) is 68.2 Å². The predicted octanol–water partition coefficient (Wildman–Crippen LogP) is 6.25. The van der Waals surface area contributed by atoms with Gasteiger partial charge in [-0.25, -0.2) is 0 Å². The first kappa shape index (κ1) is 14.7. The Balaban J connectivity index is 2.52. The Morgan fingerprint density at radius 1 is 0.789 bits per heavy atom. The highest BCUT2D eigenvalue weighted by atomic mass is 35.5. The molecule has 100 valence electrons. The molecular weight excluding hydrogens is 299 g/mol. The van der Waals surface area contributed by atoms with Gasteiger partial charge < -0.3 is 0 Å². The van der Waals surface area contributed by atoms with Gasteiger partial charge >= 0.3 is 0 Å². The highest BCUT2D eigenvalue weighted by molar-refractivity contribution is 6.33. The molecule has 3 heteroatoms. The van der Waals surface area contributed by atoms with E-state index in [1.54, 1.807) is 0 Å². The van der Waals surface area contributed by atoms with Gasteiger partial charge in [-0.2, -0.15) is 0 Å². The summed E-state index contributed by atoms with van der Waals surface area (Å²) >= 11 is 19.0. The van der Waals surface area contributed by atoms with E-state index in [2.05, 4.69) is 13.0 Å². The van der Waals surface area contributed by atoms with Crippen LogP contribution < -0.4 is 0 Å². The summed E-state index contributed by atoms with van der Waals surface area (Å²) in [6.07, 6.45) is 0. The van der Waals surface area contributed by atoms with Crippen molar-refractivity contribution in [3.8, 4) is 0 Å². The van der Waals surface area contributed by atoms with E-state index in [-0.39, 0.29) is 5.38 Å². The second-order valence-electron chi connectivity index (χ2n) is 4.82. The Morgan fingerprint density at radius 3 is 2.11 bits per heavy atom. The lowest BCUT2D eigenvalue weighted by molar-refractivity contribution is 1.10. The van der Waals surface area contributed by atoms with Crippen molar-refractivity contribution in [1.29, 1.82) is 0 Å². The minimum atomic E-state index is -0.287. The van der Waals surface area contributed by atoms with Crippen molar-refractivity contribution < 1.29 is 0 Å². The van der Waals surface area contributed by atoms with Gasteiger partial charge in [0.25, 0.3) is 0 Å². The zero-order valence-electron chi connectivity index (χ0n) is 11.1. The molecular formula is C16H15Cl3. The first-order valence-electron chi connectivity index (χ1n) is 6.07. The largest absolute Gasteiger partial charge is 0.113 e. The Hall–Kier alpha value is -0.690. The van der Waals surface area contributed by atoms with Crippen molar-refractivity contribution in [2.75, 3.05) is 0 Å². The summed E-state index contributed by atoms with van der Waals surface area (Å²) in [6.45, 7) is 6.12. The summed E-state index contributed by atoms with van der Waals surface area (Å²) in [5.74, 6) is 0. The van der Waals surface area contributed by atoms with Gasteiger partial charge in [-0.15, -0.1) is 11.6 Å². The minimum absolute atomic E-state index is 0.287. The fourth-order valence-electron chi connectivity index (χ4n) is 2.05. The summed E-state index contributed by atoms with van der Waals surface area (Å²) in [5, 5.41) is 1.10. The van der Waals surface area contributed by atoms with Crippen molar-refractivity contribution in [1.82, 2.24) is 0 Å². The lowest BCUT2D eigenvalue weighted by atomic mass is 9.97. The monoisotopic (exact) mass is 312 g/mol. The molecule has 0 nitrogen and oxygen atoms in total. The average molecular weight is 314 g/mol. The summed E-state index contributed by atoms with van der Waals surface area (Å²) < 4.78 is 0. The molecule has 0 saturated heterocycles. The highest BCUT2D eigenvalue weighted by Gasteiger charge is 2.17. The molecule has 0 fully saturated rings.